The Kier molecular flexibility index (Phi) is 7.59. The van der Waals surface area contributed by atoms with Gasteiger partial charge >= 0.3 is 0 Å². The van der Waals surface area contributed by atoms with E-state index in [1.807, 2.05) is 60.7 Å². The predicted molar refractivity (Wildman–Crippen MR) is 110 cm³/mol. The molecular weight excluding hydrogens is 336 g/mol. The Morgan fingerprint density at radius 1 is 0.926 bits per heavy atom. The van der Waals surface area contributed by atoms with E-state index in [1.54, 1.807) is 18.7 Å². The van der Waals surface area contributed by atoms with Gasteiger partial charge in [-0.15, -0.1) is 0 Å². The molecule has 0 heterocycles. The second-order valence-electron chi connectivity index (χ2n) is 7.30. The van der Waals surface area contributed by atoms with Crippen LogP contribution in [0.5, 0.6) is 0 Å². The molecule has 0 bridgehead atoms. The Balaban J connectivity index is 2.20. The lowest BCUT2D eigenvalue weighted by Gasteiger charge is -2.31. The van der Waals surface area contributed by atoms with E-state index in [2.05, 4.69) is 12.2 Å². The summed E-state index contributed by atoms with van der Waals surface area (Å²) in [6.07, 6.45) is 3.09. The molecule has 2 rings (SSSR count). The van der Waals surface area contributed by atoms with E-state index in [9.17, 15) is 9.59 Å². The van der Waals surface area contributed by atoms with E-state index in [-0.39, 0.29) is 11.8 Å². The van der Waals surface area contributed by atoms with Crippen LogP contribution < -0.4 is 10.2 Å². The van der Waals surface area contributed by atoms with E-state index in [1.165, 1.54) is 0 Å². The van der Waals surface area contributed by atoms with Gasteiger partial charge in [0, 0.05) is 12.2 Å². The molecule has 0 aliphatic carbocycles. The zero-order valence-corrected chi connectivity index (χ0v) is 16.6. The van der Waals surface area contributed by atoms with Crippen LogP contribution >= 0.6 is 0 Å². The smallest absolute Gasteiger partial charge is 0.242 e. The van der Waals surface area contributed by atoms with Gasteiger partial charge < -0.3 is 10.2 Å². The number of nitrogens with one attached hydrogen (secondary N) is 1. The third-order valence-electron chi connectivity index (χ3n) is 4.66. The summed E-state index contributed by atoms with van der Waals surface area (Å²) in [5, 5.41) is 2.92. The summed E-state index contributed by atoms with van der Waals surface area (Å²) in [6, 6.07) is 19.3. The number of carbonyl (C=O) groups is 2. The Bertz CT molecular complexity index is 727. The van der Waals surface area contributed by atoms with E-state index in [4.69, 9.17) is 0 Å². The third kappa shape index (κ3) is 5.68. The van der Waals surface area contributed by atoms with Crippen LogP contribution in [0.25, 0.3) is 0 Å². The van der Waals surface area contributed by atoms with Gasteiger partial charge in [-0.05, 0) is 38.0 Å². The molecule has 0 spiro atoms. The molecule has 27 heavy (non-hydrogen) atoms. The molecule has 2 aromatic carbocycles. The first-order chi connectivity index (χ1) is 13.0. The minimum absolute atomic E-state index is 0.203. The topological polar surface area (TPSA) is 49.4 Å². The zero-order chi connectivity index (χ0) is 19.7. The highest BCUT2D eigenvalue weighted by Gasteiger charge is 2.39. The number of hydrogen-bond donors (Lipinski definition) is 1. The van der Waals surface area contributed by atoms with Gasteiger partial charge in [0.05, 0.1) is 6.54 Å². The Morgan fingerprint density at radius 2 is 1.52 bits per heavy atom. The predicted octanol–water partition coefficient (Wildman–Crippen LogP) is 4.55. The molecule has 0 atom stereocenters. The number of rotatable bonds is 9. The van der Waals surface area contributed by atoms with E-state index in [0.29, 0.717) is 13.1 Å². The van der Waals surface area contributed by atoms with Crippen molar-refractivity contribution in [1.82, 2.24) is 5.32 Å². The molecule has 0 saturated heterocycles. The molecule has 0 aliphatic heterocycles. The molecular formula is C23H30N2O2. The monoisotopic (exact) mass is 366 g/mol. The second kappa shape index (κ2) is 9.91. The molecule has 0 radical (unpaired) electrons. The largest absolute Gasteiger partial charge is 0.355 e. The van der Waals surface area contributed by atoms with Crippen LogP contribution in [-0.4, -0.2) is 18.4 Å². The maximum atomic E-state index is 13.4. The first-order valence-electron chi connectivity index (χ1n) is 9.66. The maximum absolute atomic E-state index is 13.4. The van der Waals surface area contributed by atoms with Crippen molar-refractivity contribution >= 4 is 17.5 Å². The molecule has 1 N–H and O–H groups in total. The molecule has 4 heteroatoms. The number of amides is 2. The van der Waals surface area contributed by atoms with Crippen molar-refractivity contribution in [2.24, 2.45) is 5.41 Å². The van der Waals surface area contributed by atoms with Crippen LogP contribution in [0.2, 0.25) is 0 Å². The Morgan fingerprint density at radius 3 is 2.11 bits per heavy atom. The summed E-state index contributed by atoms with van der Waals surface area (Å²) < 4.78 is 0. The maximum Gasteiger partial charge on any atom is 0.242 e. The fourth-order valence-electron chi connectivity index (χ4n) is 2.89. The summed E-state index contributed by atoms with van der Waals surface area (Å²) >= 11 is 0. The lowest BCUT2D eigenvalue weighted by atomic mass is 9.89. The van der Waals surface area contributed by atoms with Gasteiger partial charge in [0.15, 0.2) is 0 Å². The summed E-state index contributed by atoms with van der Waals surface area (Å²) in [7, 11) is 0. The lowest BCUT2D eigenvalue weighted by Crippen LogP contribution is -2.49. The molecule has 0 fully saturated rings. The number of carbonyl (C=O) groups excluding carboxylic acids is 2. The minimum Gasteiger partial charge on any atom is -0.355 e. The quantitative estimate of drug-likeness (QED) is 0.523. The molecule has 0 saturated carbocycles. The van der Waals surface area contributed by atoms with Gasteiger partial charge in [0.25, 0.3) is 0 Å². The van der Waals surface area contributed by atoms with Crippen molar-refractivity contribution in [2.75, 3.05) is 11.4 Å². The third-order valence-corrected chi connectivity index (χ3v) is 4.66. The normalized spacial score (nSPS) is 11.1. The van der Waals surface area contributed by atoms with Gasteiger partial charge in [0.2, 0.25) is 11.8 Å². The van der Waals surface area contributed by atoms with Crippen LogP contribution in [0.3, 0.4) is 0 Å². The molecule has 4 nitrogen and oxygen atoms in total. The minimum atomic E-state index is -1.14. The fraction of sp³-hybridized carbons (Fsp3) is 0.391. The van der Waals surface area contributed by atoms with Gasteiger partial charge in [0.1, 0.15) is 5.41 Å². The highest BCUT2D eigenvalue weighted by Crippen LogP contribution is 2.26. The van der Waals surface area contributed by atoms with Crippen molar-refractivity contribution in [2.45, 2.75) is 46.6 Å². The van der Waals surface area contributed by atoms with Gasteiger partial charge in [-0.1, -0.05) is 68.3 Å². The standard InChI is InChI=1S/C23H30N2O2/c1-4-5-12-17-24-21(26)23(2,3)22(27)25(20-15-10-7-11-16-20)18-19-13-8-6-9-14-19/h6-11,13-16H,4-5,12,17-18H2,1-3H3,(H,24,26). The molecule has 0 unspecified atom stereocenters. The van der Waals surface area contributed by atoms with Crippen molar-refractivity contribution in [3.05, 3.63) is 66.2 Å². The number of unbranched alkanes of at least 4 members (excludes halogenated alkanes) is 2. The lowest BCUT2D eigenvalue weighted by molar-refractivity contribution is -0.139. The first-order valence-corrected chi connectivity index (χ1v) is 9.66. The van der Waals surface area contributed by atoms with Crippen molar-refractivity contribution in [3.8, 4) is 0 Å². The van der Waals surface area contributed by atoms with Gasteiger partial charge in [-0.2, -0.15) is 0 Å². The summed E-state index contributed by atoms with van der Waals surface area (Å²) in [5.74, 6) is -0.428. The highest BCUT2D eigenvalue weighted by molar-refractivity contribution is 6.10. The van der Waals surface area contributed by atoms with E-state index < -0.39 is 5.41 Å². The van der Waals surface area contributed by atoms with Gasteiger partial charge in [-0.25, -0.2) is 0 Å². The second-order valence-corrected chi connectivity index (χ2v) is 7.30. The fourth-order valence-corrected chi connectivity index (χ4v) is 2.89. The average Bonchev–Trinajstić information content (AvgIpc) is 2.70. The van der Waals surface area contributed by atoms with E-state index >= 15 is 0 Å². The average molecular weight is 367 g/mol. The highest BCUT2D eigenvalue weighted by atomic mass is 16.2. The first kappa shape index (κ1) is 20.7. The summed E-state index contributed by atoms with van der Waals surface area (Å²) in [5.41, 5.74) is 0.670. The van der Waals surface area contributed by atoms with Crippen molar-refractivity contribution in [3.63, 3.8) is 0 Å². The zero-order valence-electron chi connectivity index (χ0n) is 16.6. The van der Waals surface area contributed by atoms with Crippen LogP contribution in [0.15, 0.2) is 60.7 Å². The van der Waals surface area contributed by atoms with Crippen molar-refractivity contribution in [1.29, 1.82) is 0 Å². The van der Waals surface area contributed by atoms with Crippen molar-refractivity contribution < 1.29 is 9.59 Å². The molecule has 0 aliphatic rings. The van der Waals surface area contributed by atoms with Gasteiger partial charge in [-0.3, -0.25) is 9.59 Å². The SMILES string of the molecule is CCCCCNC(=O)C(C)(C)C(=O)N(Cc1ccccc1)c1ccccc1. The summed E-state index contributed by atoms with van der Waals surface area (Å²) in [6.45, 7) is 6.55. The molecule has 144 valence electrons. The number of benzene rings is 2. The summed E-state index contributed by atoms with van der Waals surface area (Å²) in [4.78, 5) is 27.8. The number of anilines is 1. The number of hydrogen-bond acceptors (Lipinski definition) is 2. The molecule has 2 amide bonds. The Hall–Kier alpha value is -2.62. The van der Waals surface area contributed by atoms with Crippen LogP contribution in [0.4, 0.5) is 5.69 Å². The number of para-hydroxylation sites is 1. The Labute approximate surface area is 162 Å². The van der Waals surface area contributed by atoms with Crippen LogP contribution in [-0.2, 0) is 16.1 Å². The number of nitrogens with zero attached hydrogens (tertiary/aromatic N) is 1. The molecule has 2 aromatic rings. The van der Waals surface area contributed by atoms with Crippen LogP contribution in [0.1, 0.15) is 45.6 Å². The van der Waals surface area contributed by atoms with E-state index in [0.717, 1.165) is 30.5 Å². The molecule has 0 aromatic heterocycles. The van der Waals surface area contributed by atoms with Crippen LogP contribution in [0, 0.1) is 5.41 Å².